The van der Waals surface area contributed by atoms with Gasteiger partial charge in [0.1, 0.15) is 0 Å². The van der Waals surface area contributed by atoms with E-state index in [-0.39, 0.29) is 11.3 Å². The number of nitrogens with zero attached hydrogens (tertiary/aromatic N) is 2. The van der Waals surface area contributed by atoms with Crippen molar-refractivity contribution in [2.24, 2.45) is 10.4 Å². The smallest absolute Gasteiger partial charge is 0.231 e. The Morgan fingerprint density at radius 3 is 2.64 bits per heavy atom. The van der Waals surface area contributed by atoms with Gasteiger partial charge in [-0.05, 0) is 43.9 Å². The second-order valence-corrected chi connectivity index (χ2v) is 7.75. The van der Waals surface area contributed by atoms with Crippen molar-refractivity contribution in [3.8, 4) is 11.5 Å². The van der Waals surface area contributed by atoms with Crippen molar-refractivity contribution in [3.05, 3.63) is 23.8 Å². The van der Waals surface area contributed by atoms with Gasteiger partial charge in [0.05, 0.1) is 12.0 Å². The molecule has 1 saturated carbocycles. The third kappa shape index (κ3) is 4.69. The Morgan fingerprint density at radius 2 is 1.93 bits per heavy atom. The standard InChI is InChI=1S/C21H32N4O3/c1-4-22-20(24-14-21(10-5-6-11-21)19(26)25(2)3)23-12-9-16-7-8-17-18(13-16)28-15-27-17/h7-8,13H,4-6,9-12,14-15H2,1-3H3,(H2,22,23,24). The second kappa shape index (κ2) is 9.17. The van der Waals surface area contributed by atoms with Gasteiger partial charge in [-0.25, -0.2) is 0 Å². The maximum atomic E-state index is 12.7. The minimum Gasteiger partial charge on any atom is -0.454 e. The van der Waals surface area contributed by atoms with Crippen LogP contribution >= 0.6 is 0 Å². The predicted molar refractivity (Wildman–Crippen MR) is 110 cm³/mol. The molecule has 0 unspecified atom stereocenters. The molecule has 154 valence electrons. The zero-order valence-corrected chi connectivity index (χ0v) is 17.2. The van der Waals surface area contributed by atoms with Gasteiger partial charge in [-0.2, -0.15) is 0 Å². The summed E-state index contributed by atoms with van der Waals surface area (Å²) >= 11 is 0. The van der Waals surface area contributed by atoms with Crippen LogP contribution in [0.25, 0.3) is 0 Å². The molecule has 1 fully saturated rings. The molecule has 1 heterocycles. The molecule has 0 bridgehead atoms. The van der Waals surface area contributed by atoms with Gasteiger partial charge in [-0.15, -0.1) is 0 Å². The first-order chi connectivity index (χ1) is 13.5. The molecule has 1 aliphatic carbocycles. The van der Waals surface area contributed by atoms with Crippen LogP contribution in [0.5, 0.6) is 11.5 Å². The normalized spacial score (nSPS) is 17.5. The third-order valence-corrected chi connectivity index (χ3v) is 5.45. The fourth-order valence-electron chi connectivity index (χ4n) is 3.96. The molecule has 28 heavy (non-hydrogen) atoms. The van der Waals surface area contributed by atoms with E-state index in [1.807, 2.05) is 33.2 Å². The number of carbonyl (C=O) groups is 1. The summed E-state index contributed by atoms with van der Waals surface area (Å²) in [7, 11) is 3.67. The molecule has 1 aliphatic heterocycles. The summed E-state index contributed by atoms with van der Waals surface area (Å²) in [6.07, 6.45) is 4.89. The van der Waals surface area contributed by atoms with Gasteiger partial charge in [-0.1, -0.05) is 18.9 Å². The fourth-order valence-corrected chi connectivity index (χ4v) is 3.96. The highest BCUT2D eigenvalue weighted by molar-refractivity contribution is 5.84. The number of amides is 1. The van der Waals surface area contributed by atoms with E-state index in [2.05, 4.69) is 16.7 Å². The highest BCUT2D eigenvalue weighted by atomic mass is 16.7. The van der Waals surface area contributed by atoms with E-state index in [9.17, 15) is 4.79 Å². The van der Waals surface area contributed by atoms with Crippen molar-refractivity contribution in [2.45, 2.75) is 39.0 Å². The largest absolute Gasteiger partial charge is 0.454 e. The van der Waals surface area contributed by atoms with Crippen molar-refractivity contribution >= 4 is 11.9 Å². The van der Waals surface area contributed by atoms with Crippen LogP contribution in [0.4, 0.5) is 0 Å². The topological polar surface area (TPSA) is 75.2 Å². The molecule has 7 nitrogen and oxygen atoms in total. The summed E-state index contributed by atoms with van der Waals surface area (Å²) in [6, 6.07) is 6.04. The van der Waals surface area contributed by atoms with Gasteiger partial charge in [-0.3, -0.25) is 9.79 Å². The van der Waals surface area contributed by atoms with E-state index in [0.717, 1.165) is 62.7 Å². The van der Waals surface area contributed by atoms with Crippen molar-refractivity contribution in [1.29, 1.82) is 0 Å². The lowest BCUT2D eigenvalue weighted by Crippen LogP contribution is -2.43. The van der Waals surface area contributed by atoms with E-state index in [0.29, 0.717) is 13.3 Å². The molecule has 2 aliphatic rings. The van der Waals surface area contributed by atoms with Crippen LogP contribution in [-0.4, -0.2) is 57.3 Å². The second-order valence-electron chi connectivity index (χ2n) is 7.75. The van der Waals surface area contributed by atoms with Crippen LogP contribution in [0, 0.1) is 5.41 Å². The first-order valence-corrected chi connectivity index (χ1v) is 10.2. The molecule has 2 N–H and O–H groups in total. The minimum atomic E-state index is -0.344. The quantitative estimate of drug-likeness (QED) is 0.553. The summed E-state index contributed by atoms with van der Waals surface area (Å²) in [5, 5.41) is 6.68. The van der Waals surface area contributed by atoms with Crippen LogP contribution in [0.2, 0.25) is 0 Å². The lowest BCUT2D eigenvalue weighted by molar-refractivity contribution is -0.138. The monoisotopic (exact) mass is 388 g/mol. The Balaban J connectivity index is 1.58. The summed E-state index contributed by atoms with van der Waals surface area (Å²) in [5.41, 5.74) is 0.839. The van der Waals surface area contributed by atoms with Crippen LogP contribution < -0.4 is 20.1 Å². The molecule has 1 amide bonds. The molecule has 7 heteroatoms. The summed E-state index contributed by atoms with van der Waals surface area (Å²) in [6.45, 7) is 4.40. The predicted octanol–water partition coefficient (Wildman–Crippen LogP) is 2.16. The number of carbonyl (C=O) groups excluding carboxylic acids is 1. The Bertz CT molecular complexity index is 712. The minimum absolute atomic E-state index is 0.199. The van der Waals surface area contributed by atoms with Crippen molar-refractivity contribution < 1.29 is 14.3 Å². The number of rotatable bonds is 7. The molecule has 0 radical (unpaired) electrons. The third-order valence-electron chi connectivity index (χ3n) is 5.45. The molecule has 0 atom stereocenters. The highest BCUT2D eigenvalue weighted by Gasteiger charge is 2.42. The average molecular weight is 389 g/mol. The maximum absolute atomic E-state index is 12.7. The van der Waals surface area contributed by atoms with E-state index in [1.165, 1.54) is 5.56 Å². The highest BCUT2D eigenvalue weighted by Crippen LogP contribution is 2.39. The van der Waals surface area contributed by atoms with E-state index >= 15 is 0 Å². The van der Waals surface area contributed by atoms with Gasteiger partial charge in [0.2, 0.25) is 12.7 Å². The number of ether oxygens (including phenoxy) is 2. The zero-order valence-electron chi connectivity index (χ0n) is 17.2. The summed E-state index contributed by atoms with van der Waals surface area (Å²) in [5.74, 6) is 2.58. The lowest BCUT2D eigenvalue weighted by Gasteiger charge is -2.29. The maximum Gasteiger partial charge on any atom is 0.231 e. The van der Waals surface area contributed by atoms with Crippen LogP contribution in [-0.2, 0) is 11.2 Å². The number of hydrogen-bond acceptors (Lipinski definition) is 4. The molecule has 1 aromatic rings. The number of fused-ring (bicyclic) bond motifs is 1. The Morgan fingerprint density at radius 1 is 1.18 bits per heavy atom. The number of aliphatic imine (C=N–C) groups is 1. The van der Waals surface area contributed by atoms with Crippen LogP contribution in [0.1, 0.15) is 38.2 Å². The fraction of sp³-hybridized carbons (Fsp3) is 0.619. The summed E-state index contributed by atoms with van der Waals surface area (Å²) in [4.78, 5) is 19.2. The number of hydrogen-bond donors (Lipinski definition) is 2. The van der Waals surface area contributed by atoms with E-state index < -0.39 is 0 Å². The van der Waals surface area contributed by atoms with Gasteiger partial charge < -0.3 is 25.0 Å². The number of nitrogens with one attached hydrogen (secondary N) is 2. The molecule has 3 rings (SSSR count). The Labute approximate surface area is 167 Å². The number of benzene rings is 1. The molecule has 0 aromatic heterocycles. The summed E-state index contributed by atoms with van der Waals surface area (Å²) < 4.78 is 10.8. The SMILES string of the molecule is CCNC(=NCC1(C(=O)N(C)C)CCCC1)NCCc1ccc2c(c1)OCO2. The van der Waals surface area contributed by atoms with Crippen molar-refractivity contribution in [2.75, 3.05) is 40.5 Å². The molecule has 1 aromatic carbocycles. The Kier molecular flexibility index (Phi) is 6.65. The molecule has 0 saturated heterocycles. The van der Waals surface area contributed by atoms with Crippen molar-refractivity contribution in [1.82, 2.24) is 15.5 Å². The van der Waals surface area contributed by atoms with E-state index in [4.69, 9.17) is 14.5 Å². The van der Waals surface area contributed by atoms with Crippen molar-refractivity contribution in [3.63, 3.8) is 0 Å². The Hall–Kier alpha value is -2.44. The lowest BCUT2D eigenvalue weighted by atomic mass is 9.85. The van der Waals surface area contributed by atoms with Gasteiger partial charge >= 0.3 is 0 Å². The average Bonchev–Trinajstić information content (AvgIpc) is 3.35. The van der Waals surface area contributed by atoms with Gasteiger partial charge in [0.25, 0.3) is 0 Å². The molecule has 0 spiro atoms. The van der Waals surface area contributed by atoms with Gasteiger partial charge in [0.15, 0.2) is 17.5 Å². The number of guanidine groups is 1. The first-order valence-electron chi connectivity index (χ1n) is 10.2. The van der Waals surface area contributed by atoms with Gasteiger partial charge in [0, 0.05) is 27.2 Å². The molecular formula is C21H32N4O3. The van der Waals surface area contributed by atoms with Crippen LogP contribution in [0.3, 0.4) is 0 Å². The first kappa shape index (κ1) is 20.3. The van der Waals surface area contributed by atoms with Crippen LogP contribution in [0.15, 0.2) is 23.2 Å². The molecular weight excluding hydrogens is 356 g/mol. The van der Waals surface area contributed by atoms with E-state index in [1.54, 1.807) is 4.90 Å². The zero-order chi connectivity index (χ0) is 20.0.